The van der Waals surface area contributed by atoms with Crippen LogP contribution in [0.5, 0.6) is 11.8 Å². The molecular formula is C31H42N6O3S2. The Hall–Kier alpha value is -3.15. The number of amides is 1. The van der Waals surface area contributed by atoms with Crippen LogP contribution in [0.4, 0.5) is 11.5 Å². The molecule has 1 amide bonds. The van der Waals surface area contributed by atoms with Crippen LogP contribution in [-0.4, -0.2) is 89.2 Å². The van der Waals surface area contributed by atoms with Crippen molar-refractivity contribution in [2.24, 2.45) is 0 Å². The molecule has 4 heterocycles. The number of rotatable bonds is 6. The quantitative estimate of drug-likeness (QED) is 0.422. The minimum absolute atomic E-state index is 0. The summed E-state index contributed by atoms with van der Waals surface area (Å²) in [4.78, 5) is 30.9. The number of likely N-dealkylation sites (tertiary alicyclic amines) is 1. The molecule has 11 heteroatoms. The highest BCUT2D eigenvalue weighted by molar-refractivity contribution is 7.59. The maximum atomic E-state index is 12.2. The van der Waals surface area contributed by atoms with Gasteiger partial charge >= 0.3 is 6.01 Å². The first-order chi connectivity index (χ1) is 19.4. The molecule has 226 valence electrons. The summed E-state index contributed by atoms with van der Waals surface area (Å²) in [6.07, 6.45) is 4.41. The van der Waals surface area contributed by atoms with E-state index in [4.69, 9.17) is 14.7 Å². The number of benzene rings is 2. The lowest BCUT2D eigenvalue weighted by atomic mass is 10.0. The third-order valence-corrected chi connectivity index (χ3v) is 8.66. The Bertz CT molecular complexity index is 1430. The monoisotopic (exact) mass is 610 g/mol. The number of anilines is 2. The summed E-state index contributed by atoms with van der Waals surface area (Å²) in [7, 11) is 2.15. The van der Waals surface area contributed by atoms with Crippen molar-refractivity contribution in [2.75, 3.05) is 56.1 Å². The molecule has 3 aliphatic rings. The van der Waals surface area contributed by atoms with Crippen molar-refractivity contribution in [1.82, 2.24) is 19.8 Å². The van der Waals surface area contributed by atoms with Gasteiger partial charge in [0.15, 0.2) is 0 Å². The molecule has 42 heavy (non-hydrogen) atoms. The number of likely N-dealkylation sites (N-methyl/N-ethyl adjacent to an activating group) is 1. The molecule has 1 aromatic heterocycles. The first-order valence-electron chi connectivity index (χ1n) is 14.3. The molecule has 2 aromatic carbocycles. The van der Waals surface area contributed by atoms with Gasteiger partial charge in [-0.25, -0.2) is 0 Å². The van der Waals surface area contributed by atoms with Gasteiger partial charge in [0.25, 0.3) is 0 Å². The Kier molecular flexibility index (Phi) is 10.2. The SMILES string of the molecule is C=CC(=O)N1CCN(c2nc(O[C@@H](C)[C@@H]3CCCN3C)nc3c2CCN(c2cc(O)cc4ccccc24)C3)CC1.S.S. The maximum Gasteiger partial charge on any atom is 0.318 e. The summed E-state index contributed by atoms with van der Waals surface area (Å²) >= 11 is 0. The van der Waals surface area contributed by atoms with Crippen molar-refractivity contribution in [3.05, 3.63) is 60.3 Å². The summed E-state index contributed by atoms with van der Waals surface area (Å²) in [6, 6.07) is 12.6. The fourth-order valence-electron chi connectivity index (χ4n) is 6.49. The minimum atomic E-state index is -0.0323. The molecule has 3 aliphatic heterocycles. The van der Waals surface area contributed by atoms with Crippen LogP contribution in [0.1, 0.15) is 31.0 Å². The lowest BCUT2D eigenvalue weighted by molar-refractivity contribution is -0.126. The van der Waals surface area contributed by atoms with Crippen LogP contribution in [0.3, 0.4) is 0 Å². The van der Waals surface area contributed by atoms with Crippen LogP contribution >= 0.6 is 27.0 Å². The van der Waals surface area contributed by atoms with E-state index < -0.39 is 0 Å². The molecule has 0 radical (unpaired) electrons. The van der Waals surface area contributed by atoms with Crippen LogP contribution in [0, 0.1) is 0 Å². The van der Waals surface area contributed by atoms with Crippen LogP contribution in [0.15, 0.2) is 49.1 Å². The number of ether oxygens (including phenoxy) is 1. The Morgan fingerprint density at radius 1 is 1.07 bits per heavy atom. The van der Waals surface area contributed by atoms with Gasteiger partial charge in [-0.2, -0.15) is 37.0 Å². The van der Waals surface area contributed by atoms with Crippen molar-refractivity contribution in [2.45, 2.75) is 44.9 Å². The normalized spacial score (nSPS) is 19.5. The van der Waals surface area contributed by atoms with E-state index in [1.807, 2.05) is 29.2 Å². The first-order valence-corrected chi connectivity index (χ1v) is 14.3. The predicted octanol–water partition coefficient (Wildman–Crippen LogP) is 3.82. The molecule has 3 aromatic rings. The van der Waals surface area contributed by atoms with E-state index >= 15 is 0 Å². The summed E-state index contributed by atoms with van der Waals surface area (Å²) in [6.45, 7) is 10.9. The molecule has 0 saturated carbocycles. The number of nitrogens with zero attached hydrogens (tertiary/aromatic N) is 6. The van der Waals surface area contributed by atoms with E-state index in [1.54, 1.807) is 6.07 Å². The van der Waals surface area contributed by atoms with Crippen LogP contribution < -0.4 is 14.5 Å². The van der Waals surface area contributed by atoms with Crippen LogP contribution in [0.2, 0.25) is 0 Å². The average Bonchev–Trinajstić information content (AvgIpc) is 3.41. The molecular weight excluding hydrogens is 569 g/mol. The Balaban J connectivity index is 0.00000202. The summed E-state index contributed by atoms with van der Waals surface area (Å²) in [5.74, 6) is 1.14. The predicted molar refractivity (Wildman–Crippen MR) is 178 cm³/mol. The number of phenols is 1. The lowest BCUT2D eigenvalue weighted by Crippen LogP contribution is -2.49. The Labute approximate surface area is 262 Å². The van der Waals surface area contributed by atoms with Gasteiger partial charge in [0.2, 0.25) is 5.91 Å². The smallest absolute Gasteiger partial charge is 0.318 e. The zero-order chi connectivity index (χ0) is 27.8. The summed E-state index contributed by atoms with van der Waals surface area (Å²) in [5.41, 5.74) is 3.10. The molecule has 9 nitrogen and oxygen atoms in total. The molecule has 0 bridgehead atoms. The number of carbonyl (C=O) groups is 1. The van der Waals surface area contributed by atoms with Crippen molar-refractivity contribution < 1.29 is 14.6 Å². The number of fused-ring (bicyclic) bond motifs is 2. The van der Waals surface area contributed by atoms with E-state index in [1.165, 1.54) is 12.5 Å². The highest BCUT2D eigenvalue weighted by atomic mass is 32.1. The van der Waals surface area contributed by atoms with Crippen molar-refractivity contribution in [1.29, 1.82) is 0 Å². The maximum absolute atomic E-state index is 12.2. The second-order valence-corrected chi connectivity index (χ2v) is 11.1. The first kappa shape index (κ1) is 31.8. The largest absolute Gasteiger partial charge is 0.508 e. The van der Waals surface area contributed by atoms with E-state index in [0.29, 0.717) is 44.8 Å². The minimum Gasteiger partial charge on any atom is -0.508 e. The Morgan fingerprint density at radius 2 is 1.83 bits per heavy atom. The van der Waals surface area contributed by atoms with Crippen LogP contribution in [0.25, 0.3) is 10.8 Å². The van der Waals surface area contributed by atoms with Crippen molar-refractivity contribution in [3.8, 4) is 11.8 Å². The molecule has 2 atom stereocenters. The number of hydrogen-bond donors (Lipinski definition) is 1. The number of piperazine rings is 1. The van der Waals surface area contributed by atoms with Gasteiger partial charge in [-0.1, -0.05) is 30.8 Å². The molecule has 6 rings (SSSR count). The topological polar surface area (TPSA) is 85.3 Å². The van der Waals surface area contributed by atoms with Gasteiger partial charge in [0, 0.05) is 61.5 Å². The summed E-state index contributed by atoms with van der Waals surface area (Å²) < 4.78 is 6.45. The molecule has 2 fully saturated rings. The summed E-state index contributed by atoms with van der Waals surface area (Å²) in [5, 5.41) is 12.6. The van der Waals surface area contributed by atoms with Gasteiger partial charge < -0.3 is 24.5 Å². The highest BCUT2D eigenvalue weighted by Gasteiger charge is 2.32. The number of aromatic nitrogens is 2. The average molecular weight is 611 g/mol. The number of carbonyl (C=O) groups excluding carboxylic acids is 1. The van der Waals surface area contributed by atoms with E-state index in [-0.39, 0.29) is 44.8 Å². The Morgan fingerprint density at radius 3 is 2.55 bits per heavy atom. The highest BCUT2D eigenvalue weighted by Crippen LogP contribution is 2.36. The zero-order valence-electron chi connectivity index (χ0n) is 24.4. The molecule has 0 aliphatic carbocycles. The number of phenolic OH excluding ortho intramolecular Hbond substituents is 1. The van der Waals surface area contributed by atoms with Gasteiger partial charge in [-0.15, -0.1) is 0 Å². The van der Waals surface area contributed by atoms with Crippen molar-refractivity contribution >= 4 is 55.2 Å². The third-order valence-electron chi connectivity index (χ3n) is 8.66. The number of aromatic hydroxyl groups is 1. The van der Waals surface area contributed by atoms with E-state index in [0.717, 1.165) is 59.5 Å². The second-order valence-electron chi connectivity index (χ2n) is 11.1. The van der Waals surface area contributed by atoms with Gasteiger partial charge in [-0.3, -0.25) is 9.69 Å². The van der Waals surface area contributed by atoms with E-state index in [2.05, 4.69) is 41.3 Å². The van der Waals surface area contributed by atoms with Crippen LogP contribution in [-0.2, 0) is 17.8 Å². The standard InChI is InChI=1S/C31H38N6O3.2H2S/c1-4-29(39)35-14-16-36(17-15-35)30-25-11-13-37(28-19-23(38)18-22-8-5-6-9-24(22)28)20-26(25)32-31(33-30)40-21(2)27-10-7-12-34(27)3;;/h4-6,8-9,18-19,21,27,38H,1,7,10-17,20H2,2-3H3;2*1H2/t21-,27-;;/m0../s1. The molecule has 2 saturated heterocycles. The lowest BCUT2D eigenvalue weighted by Gasteiger charge is -2.38. The fraction of sp³-hybridized carbons (Fsp3) is 0.452. The molecule has 0 unspecified atom stereocenters. The van der Waals surface area contributed by atoms with Crippen molar-refractivity contribution in [3.63, 3.8) is 0 Å². The number of hydrogen-bond acceptors (Lipinski definition) is 8. The van der Waals surface area contributed by atoms with Gasteiger partial charge in [0.1, 0.15) is 17.7 Å². The van der Waals surface area contributed by atoms with E-state index in [9.17, 15) is 9.90 Å². The van der Waals surface area contributed by atoms with Gasteiger partial charge in [0.05, 0.1) is 12.2 Å². The molecule has 1 N–H and O–H groups in total. The molecule has 0 spiro atoms. The second kappa shape index (κ2) is 13.4. The van der Waals surface area contributed by atoms with Gasteiger partial charge in [-0.05, 0) is 57.3 Å². The fourth-order valence-corrected chi connectivity index (χ4v) is 6.49. The zero-order valence-corrected chi connectivity index (χ0v) is 26.4. The third kappa shape index (κ3) is 6.28.